The maximum absolute atomic E-state index is 5.95. The number of nitrogens with two attached hydrogens (primary N) is 1. The van der Waals surface area contributed by atoms with Crippen molar-refractivity contribution in [2.75, 3.05) is 14.1 Å². The van der Waals surface area contributed by atoms with Crippen LogP contribution in [-0.2, 0) is 4.74 Å². The van der Waals surface area contributed by atoms with Gasteiger partial charge >= 0.3 is 0 Å². The average Bonchev–Trinajstić information content (AvgIpc) is 2.73. The first-order valence-corrected chi connectivity index (χ1v) is 5.95. The average molecular weight is 245 g/mol. The van der Waals surface area contributed by atoms with Gasteiger partial charge in [0.05, 0.1) is 5.57 Å². The summed E-state index contributed by atoms with van der Waals surface area (Å²) in [5, 5.41) is 0. The molecule has 0 saturated heterocycles. The van der Waals surface area contributed by atoms with Crippen molar-refractivity contribution >= 4 is 5.71 Å². The van der Waals surface area contributed by atoms with Crippen LogP contribution in [0.5, 0.6) is 0 Å². The molecule has 0 bridgehead atoms. The second-order valence-corrected chi connectivity index (χ2v) is 4.52. The van der Waals surface area contributed by atoms with E-state index in [1.165, 1.54) is 0 Å². The van der Waals surface area contributed by atoms with E-state index in [0.29, 0.717) is 0 Å². The summed E-state index contributed by atoms with van der Waals surface area (Å²) in [6, 6.07) is 0.156. The number of likely N-dealkylation sites (N-methyl/N-ethyl adjacent to an activating group) is 1. The second kappa shape index (κ2) is 4.72. The van der Waals surface area contributed by atoms with Crippen molar-refractivity contribution in [2.45, 2.75) is 19.9 Å². The van der Waals surface area contributed by atoms with E-state index in [9.17, 15) is 0 Å². The highest BCUT2D eigenvalue weighted by atomic mass is 16.5. The molecule has 2 aliphatic heterocycles. The van der Waals surface area contributed by atoms with Crippen LogP contribution in [0.1, 0.15) is 13.8 Å². The highest BCUT2D eigenvalue weighted by molar-refractivity contribution is 6.02. The maximum atomic E-state index is 5.95. The fraction of sp³-hybridized carbons (Fsp3) is 0.357. The molecule has 96 valence electrons. The normalized spacial score (nSPS) is 24.1. The SMILES string of the molecule is CN=C(C)C(C1=CC2C(=CC=CN2C)O1)=C(C)N. The molecule has 0 saturated carbocycles. The van der Waals surface area contributed by atoms with Gasteiger partial charge in [-0.05, 0) is 38.3 Å². The van der Waals surface area contributed by atoms with E-state index in [1.807, 2.05) is 39.2 Å². The van der Waals surface area contributed by atoms with Gasteiger partial charge in [0.15, 0.2) is 0 Å². The molecule has 2 N–H and O–H groups in total. The Kier molecular flexibility index (Phi) is 3.28. The Morgan fingerprint density at radius 2 is 2.17 bits per heavy atom. The molecule has 0 aromatic rings. The second-order valence-electron chi connectivity index (χ2n) is 4.52. The Labute approximate surface area is 108 Å². The van der Waals surface area contributed by atoms with E-state index < -0.39 is 0 Å². The third-order valence-corrected chi connectivity index (χ3v) is 3.19. The minimum absolute atomic E-state index is 0.156. The molecular formula is C14H19N3O. The monoisotopic (exact) mass is 245 g/mol. The molecule has 0 fully saturated rings. The van der Waals surface area contributed by atoms with Gasteiger partial charge in [0.2, 0.25) is 0 Å². The van der Waals surface area contributed by atoms with E-state index in [0.717, 1.165) is 28.5 Å². The lowest BCUT2D eigenvalue weighted by Crippen LogP contribution is -2.26. The third kappa shape index (κ3) is 2.06. The van der Waals surface area contributed by atoms with Gasteiger partial charge in [0, 0.05) is 25.5 Å². The number of hydrogen-bond donors (Lipinski definition) is 1. The summed E-state index contributed by atoms with van der Waals surface area (Å²) in [6.07, 6.45) is 8.06. The topological polar surface area (TPSA) is 50.8 Å². The molecule has 1 unspecified atom stereocenters. The van der Waals surface area contributed by atoms with Crippen molar-refractivity contribution in [1.82, 2.24) is 4.90 Å². The summed E-state index contributed by atoms with van der Waals surface area (Å²) >= 11 is 0. The Hall–Kier alpha value is -1.97. The van der Waals surface area contributed by atoms with Crippen molar-refractivity contribution < 1.29 is 4.74 Å². The first-order valence-electron chi connectivity index (χ1n) is 5.95. The fourth-order valence-corrected chi connectivity index (χ4v) is 2.17. The number of fused-ring (bicyclic) bond motifs is 1. The zero-order valence-electron chi connectivity index (χ0n) is 11.3. The smallest absolute Gasteiger partial charge is 0.136 e. The predicted octanol–water partition coefficient (Wildman–Crippen LogP) is 1.94. The molecule has 2 heterocycles. The van der Waals surface area contributed by atoms with Crippen LogP contribution >= 0.6 is 0 Å². The van der Waals surface area contributed by atoms with E-state index >= 15 is 0 Å². The molecule has 2 aliphatic rings. The van der Waals surface area contributed by atoms with Crippen LogP contribution < -0.4 is 5.73 Å². The molecule has 0 aromatic carbocycles. The first-order chi connectivity index (χ1) is 8.54. The highest BCUT2D eigenvalue weighted by Crippen LogP contribution is 2.32. The highest BCUT2D eigenvalue weighted by Gasteiger charge is 2.29. The number of aliphatic imine (C=N–C) groups is 1. The Balaban J connectivity index is 2.37. The van der Waals surface area contributed by atoms with E-state index in [1.54, 1.807) is 7.05 Å². The minimum Gasteiger partial charge on any atom is -0.459 e. The molecule has 2 rings (SSSR count). The molecular weight excluding hydrogens is 226 g/mol. The van der Waals surface area contributed by atoms with Crippen molar-refractivity contribution in [1.29, 1.82) is 0 Å². The first kappa shape index (κ1) is 12.5. The molecule has 0 radical (unpaired) electrons. The number of ether oxygens (including phenoxy) is 1. The van der Waals surface area contributed by atoms with Crippen molar-refractivity contribution in [2.24, 2.45) is 10.7 Å². The summed E-state index contributed by atoms with van der Waals surface area (Å²) < 4.78 is 5.89. The number of hydrogen-bond acceptors (Lipinski definition) is 4. The number of rotatable bonds is 2. The Morgan fingerprint density at radius 1 is 1.44 bits per heavy atom. The molecule has 0 aromatic heterocycles. The lowest BCUT2D eigenvalue weighted by molar-refractivity contribution is 0.280. The Bertz CT molecular complexity index is 505. The van der Waals surface area contributed by atoms with Crippen LogP contribution in [0.25, 0.3) is 0 Å². The van der Waals surface area contributed by atoms with Gasteiger partial charge < -0.3 is 15.4 Å². The molecule has 18 heavy (non-hydrogen) atoms. The lowest BCUT2D eigenvalue weighted by atomic mass is 10.1. The zero-order valence-corrected chi connectivity index (χ0v) is 11.3. The quantitative estimate of drug-likeness (QED) is 0.756. The predicted molar refractivity (Wildman–Crippen MR) is 73.9 cm³/mol. The lowest BCUT2D eigenvalue weighted by Gasteiger charge is -2.23. The largest absolute Gasteiger partial charge is 0.459 e. The van der Waals surface area contributed by atoms with Gasteiger partial charge in [0.25, 0.3) is 0 Å². The molecule has 4 heteroatoms. The van der Waals surface area contributed by atoms with Gasteiger partial charge in [-0.3, -0.25) is 4.99 Å². The van der Waals surface area contributed by atoms with Crippen molar-refractivity contribution in [3.05, 3.63) is 47.2 Å². The van der Waals surface area contributed by atoms with Crippen LogP contribution in [0.15, 0.2) is 52.2 Å². The maximum Gasteiger partial charge on any atom is 0.136 e. The van der Waals surface area contributed by atoms with Gasteiger partial charge in [-0.2, -0.15) is 0 Å². The van der Waals surface area contributed by atoms with Crippen LogP contribution in [0.2, 0.25) is 0 Å². The van der Waals surface area contributed by atoms with E-state index in [2.05, 4.69) is 16.0 Å². The van der Waals surface area contributed by atoms with E-state index in [-0.39, 0.29) is 6.04 Å². The van der Waals surface area contributed by atoms with Gasteiger partial charge in [-0.25, -0.2) is 0 Å². The molecule has 0 aliphatic carbocycles. The summed E-state index contributed by atoms with van der Waals surface area (Å²) in [4.78, 5) is 6.30. The van der Waals surface area contributed by atoms with Crippen LogP contribution in [0.3, 0.4) is 0 Å². The van der Waals surface area contributed by atoms with Crippen LogP contribution in [0.4, 0.5) is 0 Å². The number of nitrogens with zero attached hydrogens (tertiary/aromatic N) is 2. The van der Waals surface area contributed by atoms with Gasteiger partial charge in [-0.15, -0.1) is 0 Å². The van der Waals surface area contributed by atoms with Gasteiger partial charge in [0.1, 0.15) is 17.6 Å². The number of allylic oxidation sites excluding steroid dienone is 4. The summed E-state index contributed by atoms with van der Waals surface area (Å²) in [6.45, 7) is 3.81. The molecule has 0 amide bonds. The fourth-order valence-electron chi connectivity index (χ4n) is 2.17. The minimum atomic E-state index is 0.156. The third-order valence-electron chi connectivity index (χ3n) is 3.19. The van der Waals surface area contributed by atoms with Crippen LogP contribution in [0, 0.1) is 0 Å². The Morgan fingerprint density at radius 3 is 2.72 bits per heavy atom. The van der Waals surface area contributed by atoms with Gasteiger partial charge in [-0.1, -0.05) is 0 Å². The zero-order chi connectivity index (χ0) is 13.3. The molecule has 1 atom stereocenters. The van der Waals surface area contributed by atoms with E-state index in [4.69, 9.17) is 10.5 Å². The van der Waals surface area contributed by atoms with Crippen molar-refractivity contribution in [3.8, 4) is 0 Å². The summed E-state index contributed by atoms with van der Waals surface area (Å²) in [5.41, 5.74) is 8.44. The van der Waals surface area contributed by atoms with Crippen molar-refractivity contribution in [3.63, 3.8) is 0 Å². The summed E-state index contributed by atoms with van der Waals surface area (Å²) in [5.74, 6) is 1.72. The summed E-state index contributed by atoms with van der Waals surface area (Å²) in [7, 11) is 3.78. The standard InChI is InChI=1S/C14H19N3O/c1-9(15)14(10(2)16-3)13-8-11-12(18-13)6-5-7-17(11)4/h5-8,11H,15H2,1-4H3. The molecule has 0 spiro atoms. The molecule has 4 nitrogen and oxygen atoms in total. The van der Waals surface area contributed by atoms with Crippen LogP contribution in [-0.4, -0.2) is 30.7 Å².